The van der Waals surface area contributed by atoms with Crippen molar-refractivity contribution in [2.75, 3.05) is 11.0 Å². The predicted molar refractivity (Wildman–Crippen MR) is 69.1 cm³/mol. The summed E-state index contributed by atoms with van der Waals surface area (Å²) in [5.74, 6) is 1.11. The van der Waals surface area contributed by atoms with E-state index in [9.17, 15) is 4.79 Å². The normalized spacial score (nSPS) is 23.1. The average molecular weight is 326 g/mol. The van der Waals surface area contributed by atoms with Crippen LogP contribution < -0.4 is 0 Å². The molecule has 1 rings (SSSR count). The van der Waals surface area contributed by atoms with Crippen molar-refractivity contribution in [1.82, 2.24) is 0 Å². The summed E-state index contributed by atoms with van der Waals surface area (Å²) >= 11 is -0.573. The van der Waals surface area contributed by atoms with Gasteiger partial charge in [-0.05, 0) is 0 Å². The summed E-state index contributed by atoms with van der Waals surface area (Å²) < 4.78 is 11.6. The van der Waals surface area contributed by atoms with Crippen LogP contribution in [0.1, 0.15) is 33.1 Å². The van der Waals surface area contributed by atoms with Gasteiger partial charge in [-0.15, -0.1) is 0 Å². The molecular formula is C11H19IO3. The van der Waals surface area contributed by atoms with Crippen molar-refractivity contribution in [3.63, 3.8) is 0 Å². The molecule has 1 saturated heterocycles. The van der Waals surface area contributed by atoms with E-state index in [1.54, 1.807) is 0 Å². The van der Waals surface area contributed by atoms with Gasteiger partial charge in [-0.1, -0.05) is 0 Å². The second-order valence-corrected chi connectivity index (χ2v) is 6.12. The van der Waals surface area contributed by atoms with Crippen molar-refractivity contribution < 1.29 is 12.6 Å². The van der Waals surface area contributed by atoms with Crippen LogP contribution in [-0.2, 0) is 12.6 Å². The average Bonchev–Trinajstić information content (AvgIpc) is 2.59. The molecule has 3 nitrogen and oxygen atoms in total. The first kappa shape index (κ1) is 12.8. The Morgan fingerprint density at radius 2 is 2.53 bits per heavy atom. The summed E-state index contributed by atoms with van der Waals surface area (Å²) in [6.45, 7) is 4.98. The van der Waals surface area contributed by atoms with Crippen molar-refractivity contribution in [2.24, 2.45) is 5.92 Å². The van der Waals surface area contributed by atoms with E-state index in [-0.39, 0.29) is 5.97 Å². The maximum absolute atomic E-state index is 11.3. The van der Waals surface area contributed by atoms with Crippen LogP contribution in [0.15, 0.2) is 11.8 Å². The standard InChI is InChI=1S/C11H19IO3/c1-3-4-5-12-15-11(13)7-10-6-9(2)8-14-10/h7,9,12H,3-6,8H2,1-2H3/b10-7+. The number of carbonyl (C=O) groups excluding carboxylic acids is 1. The van der Waals surface area contributed by atoms with Crippen LogP contribution in [0.2, 0.25) is 0 Å². The Balaban J connectivity index is 2.17. The summed E-state index contributed by atoms with van der Waals surface area (Å²) in [5, 5.41) is 0. The van der Waals surface area contributed by atoms with Crippen LogP contribution in [0.3, 0.4) is 0 Å². The molecule has 0 spiro atoms. The molecule has 0 aromatic rings. The van der Waals surface area contributed by atoms with Crippen LogP contribution in [0, 0.1) is 5.92 Å². The van der Waals surface area contributed by atoms with Gasteiger partial charge < -0.3 is 0 Å². The van der Waals surface area contributed by atoms with E-state index in [1.165, 1.54) is 18.9 Å². The van der Waals surface area contributed by atoms with E-state index in [0.717, 1.165) is 23.2 Å². The molecule has 0 aliphatic carbocycles. The van der Waals surface area contributed by atoms with Crippen LogP contribution in [0.25, 0.3) is 0 Å². The quantitative estimate of drug-likeness (QED) is 0.337. The zero-order valence-corrected chi connectivity index (χ0v) is 11.7. The summed E-state index contributed by atoms with van der Waals surface area (Å²) in [5.41, 5.74) is 0. The number of halogens is 1. The Morgan fingerprint density at radius 3 is 3.13 bits per heavy atom. The Bertz CT molecular complexity index is 238. The summed E-state index contributed by atoms with van der Waals surface area (Å²) in [4.78, 5) is 11.3. The zero-order chi connectivity index (χ0) is 11.1. The fraction of sp³-hybridized carbons (Fsp3) is 0.727. The number of rotatable bonds is 5. The molecule has 1 aliphatic rings. The van der Waals surface area contributed by atoms with Crippen LogP contribution >= 0.6 is 21.6 Å². The molecule has 0 N–H and O–H groups in total. The first-order valence-corrected chi connectivity index (χ1v) is 7.99. The second-order valence-electron chi connectivity index (χ2n) is 3.81. The molecule has 1 fully saturated rings. The van der Waals surface area contributed by atoms with Crippen molar-refractivity contribution in [3.8, 4) is 0 Å². The number of allylic oxidation sites excluding steroid dienone is 1. The van der Waals surface area contributed by atoms with Crippen LogP contribution in [0.4, 0.5) is 0 Å². The molecule has 0 aromatic heterocycles. The Kier molecular flexibility index (Phi) is 6.05. The number of hydrogen-bond acceptors (Lipinski definition) is 3. The predicted octanol–water partition coefficient (Wildman–Crippen LogP) is 2.89. The van der Waals surface area contributed by atoms with Crippen molar-refractivity contribution >= 4 is 27.6 Å². The SMILES string of the molecule is CCCC[IH]OC(=O)/C=C1\CC(C)CO1. The number of carbonyl (C=O) groups is 1. The Morgan fingerprint density at radius 1 is 1.73 bits per heavy atom. The van der Waals surface area contributed by atoms with Crippen LogP contribution in [-0.4, -0.2) is 17.0 Å². The molecular weight excluding hydrogens is 307 g/mol. The summed E-state index contributed by atoms with van der Waals surface area (Å²) in [6, 6.07) is 0. The van der Waals surface area contributed by atoms with Gasteiger partial charge >= 0.3 is 102 Å². The van der Waals surface area contributed by atoms with E-state index in [4.69, 9.17) is 7.80 Å². The van der Waals surface area contributed by atoms with Gasteiger partial charge in [0.05, 0.1) is 0 Å². The molecule has 1 heterocycles. The van der Waals surface area contributed by atoms with Gasteiger partial charge in [0.15, 0.2) is 0 Å². The fourth-order valence-corrected chi connectivity index (χ4v) is 3.14. The van der Waals surface area contributed by atoms with E-state index < -0.39 is 21.6 Å². The minimum absolute atomic E-state index is 0.211. The fourth-order valence-electron chi connectivity index (χ4n) is 1.27. The molecule has 0 saturated carbocycles. The third kappa shape index (κ3) is 5.39. The van der Waals surface area contributed by atoms with Gasteiger partial charge in [-0.3, -0.25) is 0 Å². The molecule has 0 amide bonds. The molecule has 0 bridgehead atoms. The molecule has 1 aliphatic heterocycles. The molecule has 88 valence electrons. The zero-order valence-electron chi connectivity index (χ0n) is 9.32. The Hall–Kier alpha value is -0.260. The van der Waals surface area contributed by atoms with Crippen molar-refractivity contribution in [1.29, 1.82) is 0 Å². The molecule has 1 unspecified atom stereocenters. The second kappa shape index (κ2) is 7.09. The minimum atomic E-state index is -0.573. The van der Waals surface area contributed by atoms with Gasteiger partial charge in [0.25, 0.3) is 0 Å². The van der Waals surface area contributed by atoms with E-state index in [0.29, 0.717) is 5.92 Å². The third-order valence-electron chi connectivity index (χ3n) is 2.10. The number of unbranched alkanes of at least 4 members (excludes halogenated alkanes) is 1. The first-order chi connectivity index (χ1) is 7.22. The van der Waals surface area contributed by atoms with Crippen LogP contribution in [0.5, 0.6) is 0 Å². The number of alkyl halides is 1. The van der Waals surface area contributed by atoms with Crippen molar-refractivity contribution in [3.05, 3.63) is 11.8 Å². The number of hydrogen-bond donors (Lipinski definition) is 0. The maximum atomic E-state index is 11.3. The van der Waals surface area contributed by atoms with E-state index in [2.05, 4.69) is 13.8 Å². The molecule has 15 heavy (non-hydrogen) atoms. The first-order valence-electron chi connectivity index (χ1n) is 5.39. The topological polar surface area (TPSA) is 35.5 Å². The van der Waals surface area contributed by atoms with E-state index >= 15 is 0 Å². The molecule has 0 aromatic carbocycles. The van der Waals surface area contributed by atoms with Gasteiger partial charge in [0.1, 0.15) is 0 Å². The molecule has 0 radical (unpaired) electrons. The van der Waals surface area contributed by atoms with Gasteiger partial charge in [-0.2, -0.15) is 0 Å². The molecule has 4 heteroatoms. The summed E-state index contributed by atoms with van der Waals surface area (Å²) in [7, 11) is 0. The summed E-state index contributed by atoms with van der Waals surface area (Å²) in [6.07, 6.45) is 4.72. The Labute approximate surface area is 102 Å². The van der Waals surface area contributed by atoms with E-state index in [1.807, 2.05) is 0 Å². The monoisotopic (exact) mass is 326 g/mol. The molecule has 1 atom stereocenters. The third-order valence-corrected chi connectivity index (χ3v) is 4.21. The van der Waals surface area contributed by atoms with Gasteiger partial charge in [0.2, 0.25) is 0 Å². The van der Waals surface area contributed by atoms with Gasteiger partial charge in [0, 0.05) is 0 Å². The van der Waals surface area contributed by atoms with Gasteiger partial charge in [-0.25, -0.2) is 0 Å². The number of ether oxygens (including phenoxy) is 1. The van der Waals surface area contributed by atoms with Crippen molar-refractivity contribution in [2.45, 2.75) is 33.1 Å².